The largest absolute Gasteiger partial charge is 0.497 e. The van der Waals surface area contributed by atoms with Crippen LogP contribution in [0.1, 0.15) is 47.5 Å². The molecule has 0 unspecified atom stereocenters. The van der Waals surface area contributed by atoms with Crippen molar-refractivity contribution in [3.05, 3.63) is 47.6 Å². The molecular weight excluding hydrogens is 282 g/mol. The molecule has 0 heterocycles. The predicted molar refractivity (Wildman–Crippen MR) is 102 cm³/mol. The van der Waals surface area contributed by atoms with Crippen molar-refractivity contribution in [3.8, 4) is 5.75 Å². The highest BCUT2D eigenvalue weighted by molar-refractivity contribution is 5.49. The second kappa shape index (κ2) is 10.1. The number of anilines is 1. The van der Waals surface area contributed by atoms with Crippen LogP contribution in [0, 0.1) is 5.92 Å². The molecule has 0 aliphatic heterocycles. The monoisotopic (exact) mass is 315 g/mol. The number of methoxy groups -OCH3 is 1. The van der Waals surface area contributed by atoms with Crippen LogP contribution in [0.25, 0.3) is 0 Å². The van der Waals surface area contributed by atoms with Crippen molar-refractivity contribution < 1.29 is 4.74 Å². The maximum Gasteiger partial charge on any atom is 0.119 e. The van der Waals surface area contributed by atoms with Crippen LogP contribution in [-0.4, -0.2) is 20.2 Å². The Morgan fingerprint density at radius 2 is 1.74 bits per heavy atom. The second-order valence-corrected chi connectivity index (χ2v) is 6.87. The number of hydrogen-bond donors (Lipinski definition) is 0. The number of benzene rings is 1. The lowest BCUT2D eigenvalue weighted by Gasteiger charge is -2.26. The maximum atomic E-state index is 5.26. The lowest BCUT2D eigenvalue weighted by Crippen LogP contribution is -2.27. The molecule has 0 bridgehead atoms. The first-order chi connectivity index (χ1) is 10.9. The molecule has 0 N–H and O–H groups in total. The lowest BCUT2D eigenvalue weighted by molar-refractivity contribution is 0.415. The first-order valence-electron chi connectivity index (χ1n) is 8.60. The van der Waals surface area contributed by atoms with Crippen molar-refractivity contribution in [3.63, 3.8) is 0 Å². The van der Waals surface area contributed by atoms with Gasteiger partial charge in [-0.15, -0.1) is 0 Å². The van der Waals surface area contributed by atoms with E-state index in [0.29, 0.717) is 5.92 Å². The van der Waals surface area contributed by atoms with Crippen LogP contribution in [0.5, 0.6) is 5.75 Å². The molecule has 0 saturated carbocycles. The Balaban J connectivity index is 2.71. The zero-order chi connectivity index (χ0) is 17.2. The van der Waals surface area contributed by atoms with Crippen LogP contribution in [0.3, 0.4) is 0 Å². The highest BCUT2D eigenvalue weighted by atomic mass is 16.5. The van der Waals surface area contributed by atoms with E-state index in [0.717, 1.165) is 31.7 Å². The van der Waals surface area contributed by atoms with Gasteiger partial charge in [-0.3, -0.25) is 0 Å². The summed E-state index contributed by atoms with van der Waals surface area (Å²) >= 11 is 0. The molecule has 1 rings (SSSR count). The summed E-state index contributed by atoms with van der Waals surface area (Å²) < 4.78 is 5.26. The zero-order valence-corrected chi connectivity index (χ0v) is 15.7. The highest BCUT2D eigenvalue weighted by Crippen LogP contribution is 2.20. The van der Waals surface area contributed by atoms with Crippen LogP contribution in [0.15, 0.2) is 47.6 Å². The van der Waals surface area contributed by atoms with Gasteiger partial charge in [0.15, 0.2) is 0 Å². The Kier molecular flexibility index (Phi) is 8.53. The fourth-order valence-corrected chi connectivity index (χ4v) is 2.48. The van der Waals surface area contributed by atoms with Crippen LogP contribution >= 0.6 is 0 Å². The predicted octanol–water partition coefficient (Wildman–Crippen LogP) is 5.85. The van der Waals surface area contributed by atoms with E-state index in [2.05, 4.69) is 63.8 Å². The molecule has 0 amide bonds. The Labute approximate surface area is 142 Å². The average molecular weight is 316 g/mol. The third-order valence-electron chi connectivity index (χ3n) is 3.77. The number of hydrogen-bond acceptors (Lipinski definition) is 2. The van der Waals surface area contributed by atoms with Crippen LogP contribution < -0.4 is 9.64 Å². The number of rotatable bonds is 9. The summed E-state index contributed by atoms with van der Waals surface area (Å²) in [5.41, 5.74) is 4.12. The summed E-state index contributed by atoms with van der Waals surface area (Å²) in [6.07, 6.45) is 6.96. The second-order valence-electron chi connectivity index (χ2n) is 6.87. The molecule has 2 heteroatoms. The maximum absolute atomic E-state index is 5.26. The average Bonchev–Trinajstić information content (AvgIpc) is 2.51. The standard InChI is InChI=1S/C21H33NO/c1-17(2)8-7-9-19(5)14-15-22(16-18(3)4)20-10-12-21(23-6)13-11-20/h8,10-14,18H,7,9,15-16H2,1-6H3/b19-14+. The molecule has 1 aromatic carbocycles. The first kappa shape index (κ1) is 19.3. The van der Waals surface area contributed by atoms with Gasteiger partial charge in [-0.05, 0) is 63.8 Å². The molecule has 128 valence electrons. The number of allylic oxidation sites excluding steroid dienone is 3. The molecule has 1 aromatic rings. The Morgan fingerprint density at radius 1 is 1.09 bits per heavy atom. The first-order valence-corrected chi connectivity index (χ1v) is 8.60. The summed E-state index contributed by atoms with van der Waals surface area (Å²) in [6, 6.07) is 8.36. The SMILES string of the molecule is COc1ccc(N(C/C=C(\C)CCC=C(C)C)CC(C)C)cc1. The third kappa shape index (κ3) is 7.92. The minimum absolute atomic E-state index is 0.636. The van der Waals surface area contributed by atoms with Crippen molar-refractivity contribution in [2.24, 2.45) is 5.92 Å². The fraction of sp³-hybridized carbons (Fsp3) is 0.524. The van der Waals surface area contributed by atoms with Gasteiger partial charge in [-0.2, -0.15) is 0 Å². The minimum atomic E-state index is 0.636. The van der Waals surface area contributed by atoms with E-state index < -0.39 is 0 Å². The third-order valence-corrected chi connectivity index (χ3v) is 3.77. The highest BCUT2D eigenvalue weighted by Gasteiger charge is 2.07. The van der Waals surface area contributed by atoms with E-state index in [1.54, 1.807) is 7.11 Å². The van der Waals surface area contributed by atoms with Gasteiger partial charge in [0.2, 0.25) is 0 Å². The van der Waals surface area contributed by atoms with E-state index in [-0.39, 0.29) is 0 Å². The van der Waals surface area contributed by atoms with E-state index in [9.17, 15) is 0 Å². The molecule has 0 saturated heterocycles. The smallest absolute Gasteiger partial charge is 0.119 e. The summed E-state index contributed by atoms with van der Waals surface area (Å²) in [4.78, 5) is 2.44. The molecular formula is C21H33NO. The van der Waals surface area contributed by atoms with Gasteiger partial charge >= 0.3 is 0 Å². The van der Waals surface area contributed by atoms with Crippen LogP contribution in [0.4, 0.5) is 5.69 Å². The van der Waals surface area contributed by atoms with Gasteiger partial charge in [-0.25, -0.2) is 0 Å². The van der Waals surface area contributed by atoms with Crippen LogP contribution in [-0.2, 0) is 0 Å². The molecule has 0 spiro atoms. The molecule has 0 aliphatic rings. The Bertz CT molecular complexity index is 507. The Hall–Kier alpha value is -1.70. The van der Waals surface area contributed by atoms with Gasteiger partial charge in [-0.1, -0.05) is 37.1 Å². The van der Waals surface area contributed by atoms with Gasteiger partial charge in [0.1, 0.15) is 5.75 Å². The van der Waals surface area contributed by atoms with Gasteiger partial charge in [0.25, 0.3) is 0 Å². The summed E-state index contributed by atoms with van der Waals surface area (Å²) in [5, 5.41) is 0. The van der Waals surface area contributed by atoms with E-state index in [4.69, 9.17) is 4.74 Å². The van der Waals surface area contributed by atoms with Gasteiger partial charge in [0, 0.05) is 18.8 Å². The molecule has 0 aliphatic carbocycles. The van der Waals surface area contributed by atoms with Crippen molar-refractivity contribution in [2.45, 2.75) is 47.5 Å². The van der Waals surface area contributed by atoms with Gasteiger partial charge < -0.3 is 9.64 Å². The zero-order valence-electron chi connectivity index (χ0n) is 15.7. The quantitative estimate of drug-likeness (QED) is 0.530. The Morgan fingerprint density at radius 3 is 2.26 bits per heavy atom. The number of ether oxygens (including phenoxy) is 1. The fourth-order valence-electron chi connectivity index (χ4n) is 2.48. The summed E-state index contributed by atoms with van der Waals surface area (Å²) in [7, 11) is 1.71. The van der Waals surface area contributed by atoms with Crippen molar-refractivity contribution >= 4 is 5.69 Å². The molecule has 0 atom stereocenters. The van der Waals surface area contributed by atoms with E-state index in [1.807, 2.05) is 12.1 Å². The summed E-state index contributed by atoms with van der Waals surface area (Å²) in [6.45, 7) is 13.1. The van der Waals surface area contributed by atoms with Crippen molar-refractivity contribution in [1.82, 2.24) is 0 Å². The molecule has 2 nitrogen and oxygen atoms in total. The van der Waals surface area contributed by atoms with Crippen molar-refractivity contribution in [1.29, 1.82) is 0 Å². The summed E-state index contributed by atoms with van der Waals surface area (Å²) in [5.74, 6) is 1.54. The number of nitrogens with zero attached hydrogens (tertiary/aromatic N) is 1. The van der Waals surface area contributed by atoms with E-state index >= 15 is 0 Å². The molecule has 0 radical (unpaired) electrons. The van der Waals surface area contributed by atoms with E-state index in [1.165, 1.54) is 16.8 Å². The molecule has 0 fully saturated rings. The molecule has 0 aromatic heterocycles. The lowest BCUT2D eigenvalue weighted by atomic mass is 10.1. The van der Waals surface area contributed by atoms with Crippen molar-refractivity contribution in [2.75, 3.05) is 25.1 Å². The molecule has 23 heavy (non-hydrogen) atoms. The van der Waals surface area contributed by atoms with Crippen LogP contribution in [0.2, 0.25) is 0 Å². The topological polar surface area (TPSA) is 12.5 Å². The van der Waals surface area contributed by atoms with Gasteiger partial charge in [0.05, 0.1) is 7.11 Å². The minimum Gasteiger partial charge on any atom is -0.497 e. The normalized spacial score (nSPS) is 11.5.